The Hall–Kier alpha value is -1.02. The van der Waals surface area contributed by atoms with Crippen molar-refractivity contribution in [3.8, 4) is 5.75 Å². The minimum Gasteiger partial charge on any atom is -0.496 e. The summed E-state index contributed by atoms with van der Waals surface area (Å²) < 4.78 is 5.42. The summed E-state index contributed by atoms with van der Waals surface area (Å²) in [7, 11) is 1.73. The smallest absolute Gasteiger partial charge is 0.122 e. The van der Waals surface area contributed by atoms with Gasteiger partial charge in [0.25, 0.3) is 0 Å². The number of hydrogen-bond acceptors (Lipinski definition) is 2. The van der Waals surface area contributed by atoms with Gasteiger partial charge in [-0.15, -0.1) is 0 Å². The maximum Gasteiger partial charge on any atom is 0.122 e. The summed E-state index contributed by atoms with van der Waals surface area (Å²) in [6.07, 6.45) is 7.08. The van der Waals surface area contributed by atoms with Gasteiger partial charge in [-0.25, -0.2) is 0 Å². The molecule has 0 atom stereocenters. The van der Waals surface area contributed by atoms with Crippen LogP contribution in [0.4, 0.5) is 0 Å². The fourth-order valence-corrected chi connectivity index (χ4v) is 3.07. The van der Waals surface area contributed by atoms with Crippen molar-refractivity contribution < 1.29 is 4.74 Å². The number of nitrogens with two attached hydrogens (primary N) is 1. The standard InChI is InChI=1S/C16H25NO/c1-3-13-8-10-16(17,11-9-13)12-14-6-4-5-7-15(14)18-2/h4-7,13H,3,8-12,17H2,1-2H3. The molecule has 1 saturated carbocycles. The van der Waals surface area contributed by atoms with Crippen molar-refractivity contribution in [3.63, 3.8) is 0 Å². The molecule has 2 N–H and O–H groups in total. The molecule has 1 aliphatic rings. The monoisotopic (exact) mass is 247 g/mol. The molecule has 1 fully saturated rings. The summed E-state index contributed by atoms with van der Waals surface area (Å²) >= 11 is 0. The summed E-state index contributed by atoms with van der Waals surface area (Å²) in [5.74, 6) is 1.86. The molecule has 0 aliphatic heterocycles. The molecule has 2 heteroatoms. The fourth-order valence-electron chi connectivity index (χ4n) is 3.07. The van der Waals surface area contributed by atoms with Gasteiger partial charge < -0.3 is 10.5 Å². The van der Waals surface area contributed by atoms with Crippen LogP contribution in [0.5, 0.6) is 5.75 Å². The van der Waals surface area contributed by atoms with Crippen LogP contribution in [0.15, 0.2) is 24.3 Å². The number of ether oxygens (including phenoxy) is 1. The molecule has 0 unspecified atom stereocenters. The predicted octanol–water partition coefficient (Wildman–Crippen LogP) is 3.54. The SMILES string of the molecule is CCC1CCC(N)(Cc2ccccc2OC)CC1. The van der Waals surface area contributed by atoms with Crippen LogP contribution in [0.1, 0.15) is 44.6 Å². The summed E-state index contributed by atoms with van der Waals surface area (Å²) in [6, 6.07) is 8.24. The molecule has 2 nitrogen and oxygen atoms in total. The van der Waals surface area contributed by atoms with E-state index in [2.05, 4.69) is 19.1 Å². The molecule has 0 aromatic heterocycles. The van der Waals surface area contributed by atoms with Crippen molar-refractivity contribution in [2.45, 2.75) is 51.0 Å². The lowest BCUT2D eigenvalue weighted by atomic mass is 9.73. The second kappa shape index (κ2) is 5.75. The van der Waals surface area contributed by atoms with Gasteiger partial charge in [0.05, 0.1) is 7.11 Å². The van der Waals surface area contributed by atoms with E-state index < -0.39 is 0 Å². The normalized spacial score (nSPS) is 28.1. The topological polar surface area (TPSA) is 35.2 Å². The van der Waals surface area contributed by atoms with Crippen molar-refractivity contribution in [3.05, 3.63) is 29.8 Å². The molecule has 0 saturated heterocycles. The van der Waals surface area contributed by atoms with E-state index in [0.29, 0.717) is 0 Å². The Balaban J connectivity index is 2.04. The highest BCUT2D eigenvalue weighted by molar-refractivity contribution is 5.34. The van der Waals surface area contributed by atoms with E-state index in [1.807, 2.05) is 12.1 Å². The van der Waals surface area contributed by atoms with E-state index in [0.717, 1.165) is 30.9 Å². The minimum absolute atomic E-state index is 0.0275. The number of hydrogen-bond donors (Lipinski definition) is 1. The van der Waals surface area contributed by atoms with E-state index in [9.17, 15) is 0 Å². The summed E-state index contributed by atoms with van der Waals surface area (Å²) in [6.45, 7) is 2.29. The van der Waals surface area contributed by atoms with Gasteiger partial charge in [0.15, 0.2) is 0 Å². The lowest BCUT2D eigenvalue weighted by Gasteiger charge is -2.37. The van der Waals surface area contributed by atoms with E-state index in [1.165, 1.54) is 24.8 Å². The average molecular weight is 247 g/mol. The van der Waals surface area contributed by atoms with Crippen molar-refractivity contribution in [2.24, 2.45) is 11.7 Å². The Bertz CT molecular complexity index is 380. The molecule has 1 aromatic rings. The maximum absolute atomic E-state index is 6.58. The number of methoxy groups -OCH3 is 1. The number of para-hydroxylation sites is 1. The van der Waals surface area contributed by atoms with Crippen LogP contribution < -0.4 is 10.5 Å². The molecule has 0 radical (unpaired) electrons. The fraction of sp³-hybridized carbons (Fsp3) is 0.625. The lowest BCUT2D eigenvalue weighted by Crippen LogP contribution is -2.45. The molecule has 0 amide bonds. The third kappa shape index (κ3) is 3.05. The van der Waals surface area contributed by atoms with Gasteiger partial charge in [0.1, 0.15) is 5.75 Å². The Morgan fingerprint density at radius 1 is 1.28 bits per heavy atom. The molecule has 1 aliphatic carbocycles. The van der Waals surface area contributed by atoms with Gasteiger partial charge in [-0.3, -0.25) is 0 Å². The zero-order chi connectivity index (χ0) is 13.0. The largest absolute Gasteiger partial charge is 0.496 e. The average Bonchev–Trinajstić information content (AvgIpc) is 2.40. The van der Waals surface area contributed by atoms with Crippen LogP contribution in [-0.4, -0.2) is 12.6 Å². The Labute approximate surface area is 111 Å². The summed E-state index contributed by atoms with van der Waals surface area (Å²) in [5.41, 5.74) is 7.80. The molecular formula is C16H25NO. The van der Waals surface area contributed by atoms with Crippen LogP contribution in [0.3, 0.4) is 0 Å². The molecule has 0 heterocycles. The minimum atomic E-state index is -0.0275. The predicted molar refractivity (Wildman–Crippen MR) is 75.9 cm³/mol. The van der Waals surface area contributed by atoms with Gasteiger partial charge in [0, 0.05) is 5.54 Å². The van der Waals surface area contributed by atoms with Crippen molar-refractivity contribution in [1.82, 2.24) is 0 Å². The van der Waals surface area contributed by atoms with Crippen LogP contribution >= 0.6 is 0 Å². The molecule has 18 heavy (non-hydrogen) atoms. The van der Waals surface area contributed by atoms with Crippen LogP contribution in [-0.2, 0) is 6.42 Å². The molecular weight excluding hydrogens is 222 g/mol. The van der Waals surface area contributed by atoms with Gasteiger partial charge in [-0.2, -0.15) is 0 Å². The highest BCUT2D eigenvalue weighted by Gasteiger charge is 2.31. The molecule has 100 valence electrons. The summed E-state index contributed by atoms with van der Waals surface area (Å²) in [4.78, 5) is 0. The van der Waals surface area contributed by atoms with Crippen LogP contribution in [0.25, 0.3) is 0 Å². The molecule has 0 bridgehead atoms. The summed E-state index contributed by atoms with van der Waals surface area (Å²) in [5, 5.41) is 0. The molecule has 0 spiro atoms. The first-order valence-electron chi connectivity index (χ1n) is 7.07. The van der Waals surface area contributed by atoms with E-state index in [1.54, 1.807) is 7.11 Å². The highest BCUT2D eigenvalue weighted by atomic mass is 16.5. The Kier molecular flexibility index (Phi) is 4.28. The quantitative estimate of drug-likeness (QED) is 0.883. The van der Waals surface area contributed by atoms with Gasteiger partial charge in [-0.1, -0.05) is 31.5 Å². The first-order valence-corrected chi connectivity index (χ1v) is 7.07. The van der Waals surface area contributed by atoms with Crippen LogP contribution in [0.2, 0.25) is 0 Å². The Morgan fingerprint density at radius 3 is 2.56 bits per heavy atom. The van der Waals surface area contributed by atoms with Crippen molar-refractivity contribution >= 4 is 0 Å². The Morgan fingerprint density at radius 2 is 1.94 bits per heavy atom. The maximum atomic E-state index is 6.58. The van der Waals surface area contributed by atoms with Gasteiger partial charge >= 0.3 is 0 Å². The van der Waals surface area contributed by atoms with Gasteiger partial charge in [0.2, 0.25) is 0 Å². The third-order valence-electron chi connectivity index (χ3n) is 4.41. The number of benzene rings is 1. The third-order valence-corrected chi connectivity index (χ3v) is 4.41. The first kappa shape index (κ1) is 13.4. The molecule has 1 aromatic carbocycles. The van der Waals surface area contributed by atoms with Crippen molar-refractivity contribution in [1.29, 1.82) is 0 Å². The lowest BCUT2D eigenvalue weighted by molar-refractivity contribution is 0.227. The molecule has 2 rings (SSSR count). The van der Waals surface area contributed by atoms with E-state index in [4.69, 9.17) is 10.5 Å². The number of rotatable bonds is 4. The second-order valence-corrected chi connectivity index (χ2v) is 5.70. The zero-order valence-corrected chi connectivity index (χ0v) is 11.6. The van der Waals surface area contributed by atoms with Gasteiger partial charge in [-0.05, 0) is 49.7 Å². The highest BCUT2D eigenvalue weighted by Crippen LogP contribution is 2.35. The van der Waals surface area contributed by atoms with E-state index in [-0.39, 0.29) is 5.54 Å². The van der Waals surface area contributed by atoms with Crippen LogP contribution in [0, 0.1) is 5.92 Å². The van der Waals surface area contributed by atoms with Crippen molar-refractivity contribution in [2.75, 3.05) is 7.11 Å². The van der Waals surface area contributed by atoms with E-state index >= 15 is 0 Å². The second-order valence-electron chi connectivity index (χ2n) is 5.70. The zero-order valence-electron chi connectivity index (χ0n) is 11.6. The first-order chi connectivity index (χ1) is 8.67.